The lowest BCUT2D eigenvalue weighted by Crippen LogP contribution is -2.48. The molecule has 4 unspecified atom stereocenters. The van der Waals surface area contributed by atoms with Crippen molar-refractivity contribution >= 4 is 0 Å². The molecule has 17 heavy (non-hydrogen) atoms. The molecule has 2 aliphatic carbocycles. The molecule has 2 saturated carbocycles. The lowest BCUT2D eigenvalue weighted by Gasteiger charge is -2.40. The maximum absolute atomic E-state index is 5.51. The van der Waals surface area contributed by atoms with E-state index in [-0.39, 0.29) is 0 Å². The molecule has 0 aromatic carbocycles. The lowest BCUT2D eigenvalue weighted by molar-refractivity contribution is 0.0890. The van der Waals surface area contributed by atoms with Crippen LogP contribution < -0.4 is 5.32 Å². The summed E-state index contributed by atoms with van der Waals surface area (Å²) < 4.78 is 5.51. The van der Waals surface area contributed by atoms with Crippen LogP contribution in [0, 0.1) is 16.7 Å². The van der Waals surface area contributed by atoms with E-state index in [4.69, 9.17) is 4.74 Å². The fraction of sp³-hybridized carbons (Fsp3) is 1.00. The van der Waals surface area contributed by atoms with Gasteiger partial charge in [-0.15, -0.1) is 0 Å². The Hall–Kier alpha value is -0.0800. The van der Waals surface area contributed by atoms with Gasteiger partial charge in [0.2, 0.25) is 0 Å². The summed E-state index contributed by atoms with van der Waals surface area (Å²) in [6.45, 7) is 13.4. The summed E-state index contributed by atoms with van der Waals surface area (Å²) in [6.07, 6.45) is 4.19. The van der Waals surface area contributed by atoms with Gasteiger partial charge in [0, 0.05) is 18.7 Å². The van der Waals surface area contributed by atoms with Crippen LogP contribution in [-0.4, -0.2) is 25.3 Å². The van der Waals surface area contributed by atoms with Crippen molar-refractivity contribution < 1.29 is 4.74 Å². The Morgan fingerprint density at radius 3 is 2.53 bits per heavy atom. The van der Waals surface area contributed by atoms with Gasteiger partial charge in [0.1, 0.15) is 0 Å². The first-order valence-electron chi connectivity index (χ1n) is 7.25. The number of hydrogen-bond acceptors (Lipinski definition) is 2. The molecule has 100 valence electrons. The number of ether oxygens (including phenoxy) is 1. The van der Waals surface area contributed by atoms with E-state index in [1.807, 2.05) is 0 Å². The molecular formula is C15H29NO. The third kappa shape index (κ3) is 2.04. The van der Waals surface area contributed by atoms with Gasteiger partial charge in [-0.05, 0) is 49.9 Å². The molecule has 0 aliphatic heterocycles. The summed E-state index contributed by atoms with van der Waals surface area (Å²) in [5, 5.41) is 3.82. The lowest BCUT2D eigenvalue weighted by atomic mass is 9.69. The summed E-state index contributed by atoms with van der Waals surface area (Å²) in [5.41, 5.74) is 0.994. The van der Waals surface area contributed by atoms with E-state index >= 15 is 0 Å². The van der Waals surface area contributed by atoms with Gasteiger partial charge >= 0.3 is 0 Å². The Morgan fingerprint density at radius 1 is 1.35 bits per heavy atom. The fourth-order valence-corrected chi connectivity index (χ4v) is 4.14. The van der Waals surface area contributed by atoms with Crippen LogP contribution in [0.3, 0.4) is 0 Å². The molecule has 2 nitrogen and oxygen atoms in total. The van der Waals surface area contributed by atoms with Gasteiger partial charge in [-0.25, -0.2) is 0 Å². The summed E-state index contributed by atoms with van der Waals surface area (Å²) in [5.74, 6) is 0.921. The molecular weight excluding hydrogens is 210 g/mol. The number of rotatable bonds is 5. The van der Waals surface area contributed by atoms with Crippen molar-refractivity contribution in [2.45, 2.75) is 66.0 Å². The van der Waals surface area contributed by atoms with Crippen LogP contribution in [0.15, 0.2) is 0 Å². The molecule has 0 spiro atoms. The quantitative estimate of drug-likeness (QED) is 0.795. The highest BCUT2D eigenvalue weighted by atomic mass is 16.5. The van der Waals surface area contributed by atoms with E-state index in [2.05, 4.69) is 39.9 Å². The minimum Gasteiger partial charge on any atom is -0.380 e. The van der Waals surface area contributed by atoms with Crippen molar-refractivity contribution in [3.05, 3.63) is 0 Å². The van der Waals surface area contributed by atoms with E-state index < -0.39 is 0 Å². The molecule has 4 atom stereocenters. The molecule has 0 saturated heterocycles. The van der Waals surface area contributed by atoms with Crippen molar-refractivity contribution in [1.82, 2.24) is 5.32 Å². The molecule has 2 aliphatic rings. The molecule has 2 fully saturated rings. The standard InChI is InChI=1S/C15H29NO/c1-6-17-10-11(2)16-13-9-12-7-8-15(13,5)14(12,3)4/h11-13,16H,6-10H2,1-5H3. The van der Waals surface area contributed by atoms with E-state index in [1.54, 1.807) is 0 Å². The Kier molecular flexibility index (Phi) is 3.57. The van der Waals surface area contributed by atoms with Crippen LogP contribution in [0.5, 0.6) is 0 Å². The van der Waals surface area contributed by atoms with Crippen LogP contribution in [0.25, 0.3) is 0 Å². The van der Waals surface area contributed by atoms with Gasteiger partial charge in [-0.1, -0.05) is 20.8 Å². The van der Waals surface area contributed by atoms with Crippen molar-refractivity contribution in [2.24, 2.45) is 16.7 Å². The van der Waals surface area contributed by atoms with Crippen LogP contribution >= 0.6 is 0 Å². The molecule has 2 heteroatoms. The topological polar surface area (TPSA) is 21.3 Å². The molecule has 0 radical (unpaired) electrons. The van der Waals surface area contributed by atoms with Crippen molar-refractivity contribution in [1.29, 1.82) is 0 Å². The van der Waals surface area contributed by atoms with Crippen LogP contribution in [-0.2, 0) is 4.74 Å². The van der Waals surface area contributed by atoms with E-state index in [9.17, 15) is 0 Å². The van der Waals surface area contributed by atoms with E-state index in [0.717, 1.165) is 19.1 Å². The minimum atomic E-state index is 0.479. The third-order valence-electron chi connectivity index (χ3n) is 5.85. The molecule has 0 aromatic heterocycles. The Bertz CT molecular complexity index is 276. The second kappa shape index (κ2) is 4.55. The maximum Gasteiger partial charge on any atom is 0.0616 e. The van der Waals surface area contributed by atoms with Crippen LogP contribution in [0.1, 0.15) is 53.9 Å². The Morgan fingerprint density at radius 2 is 2.06 bits per heavy atom. The average Bonchev–Trinajstić information content (AvgIpc) is 2.59. The van der Waals surface area contributed by atoms with Gasteiger partial charge in [-0.3, -0.25) is 0 Å². The van der Waals surface area contributed by atoms with Gasteiger partial charge in [0.25, 0.3) is 0 Å². The second-order valence-corrected chi connectivity index (χ2v) is 6.89. The third-order valence-corrected chi connectivity index (χ3v) is 5.85. The summed E-state index contributed by atoms with van der Waals surface area (Å²) in [7, 11) is 0. The van der Waals surface area contributed by atoms with Crippen molar-refractivity contribution in [2.75, 3.05) is 13.2 Å². The molecule has 2 rings (SSSR count). The zero-order valence-electron chi connectivity index (χ0n) is 12.2. The maximum atomic E-state index is 5.51. The molecule has 1 N–H and O–H groups in total. The van der Waals surface area contributed by atoms with E-state index in [0.29, 0.717) is 22.9 Å². The van der Waals surface area contributed by atoms with Gasteiger partial charge < -0.3 is 10.1 Å². The smallest absolute Gasteiger partial charge is 0.0616 e. The first-order valence-corrected chi connectivity index (χ1v) is 7.25. The van der Waals surface area contributed by atoms with Crippen LogP contribution in [0.2, 0.25) is 0 Å². The summed E-state index contributed by atoms with van der Waals surface area (Å²) in [6, 6.07) is 1.17. The first-order chi connectivity index (χ1) is 7.91. The monoisotopic (exact) mass is 239 g/mol. The van der Waals surface area contributed by atoms with Gasteiger partial charge in [0.05, 0.1) is 6.61 Å². The van der Waals surface area contributed by atoms with Gasteiger partial charge in [-0.2, -0.15) is 0 Å². The molecule has 0 heterocycles. The highest BCUT2D eigenvalue weighted by Crippen LogP contribution is 2.65. The second-order valence-electron chi connectivity index (χ2n) is 6.89. The molecule has 0 amide bonds. The fourth-order valence-electron chi connectivity index (χ4n) is 4.14. The SMILES string of the molecule is CCOCC(C)NC1CC2CCC1(C)C2(C)C. The van der Waals surface area contributed by atoms with Crippen molar-refractivity contribution in [3.8, 4) is 0 Å². The predicted molar refractivity (Wildman–Crippen MR) is 72.1 cm³/mol. The number of nitrogens with one attached hydrogen (secondary N) is 1. The molecule has 2 bridgehead atoms. The summed E-state index contributed by atoms with van der Waals surface area (Å²) in [4.78, 5) is 0. The number of hydrogen-bond donors (Lipinski definition) is 1. The number of fused-ring (bicyclic) bond motifs is 2. The minimum absolute atomic E-state index is 0.479. The Labute approximate surface area is 107 Å². The van der Waals surface area contributed by atoms with Crippen molar-refractivity contribution in [3.63, 3.8) is 0 Å². The van der Waals surface area contributed by atoms with E-state index in [1.165, 1.54) is 19.3 Å². The average molecular weight is 239 g/mol. The normalized spacial score (nSPS) is 40.8. The largest absolute Gasteiger partial charge is 0.380 e. The predicted octanol–water partition coefficient (Wildman–Crippen LogP) is 3.22. The zero-order chi connectivity index (χ0) is 12.7. The van der Waals surface area contributed by atoms with Crippen LogP contribution in [0.4, 0.5) is 0 Å². The zero-order valence-corrected chi connectivity index (χ0v) is 12.2. The molecule has 0 aromatic rings. The van der Waals surface area contributed by atoms with Gasteiger partial charge in [0.15, 0.2) is 0 Å². The Balaban J connectivity index is 1.96. The highest BCUT2D eigenvalue weighted by Gasteiger charge is 2.61. The highest BCUT2D eigenvalue weighted by molar-refractivity contribution is 5.13. The first kappa shape index (κ1) is 13.4. The summed E-state index contributed by atoms with van der Waals surface area (Å²) >= 11 is 0.